The average Bonchev–Trinajstić information content (AvgIpc) is 3.17. The number of carbonyl (C=O) groups excluding carboxylic acids is 1. The molecule has 10 nitrogen and oxygen atoms in total. The smallest absolute Gasteiger partial charge is 0.415 e. The molecule has 2 aromatic heterocycles. The molecule has 3 aromatic rings. The number of thiophene rings is 1. The first-order chi connectivity index (χ1) is 15.8. The highest BCUT2D eigenvalue weighted by Gasteiger charge is 2.21. The second-order valence-electron chi connectivity index (χ2n) is 8.58. The van der Waals surface area contributed by atoms with E-state index in [1.165, 1.54) is 16.2 Å². The van der Waals surface area contributed by atoms with Crippen LogP contribution in [0.4, 0.5) is 10.6 Å². The van der Waals surface area contributed by atoms with E-state index >= 15 is 0 Å². The summed E-state index contributed by atoms with van der Waals surface area (Å²) in [7, 11) is -2.05. The molecule has 12 heteroatoms. The highest BCUT2D eigenvalue weighted by Crippen LogP contribution is 2.34. The minimum absolute atomic E-state index is 0.114. The molecule has 1 N–H and O–H groups in total. The predicted molar refractivity (Wildman–Crippen MR) is 130 cm³/mol. The lowest BCUT2D eigenvalue weighted by Gasteiger charge is -2.23. The van der Waals surface area contributed by atoms with Gasteiger partial charge in [-0.25, -0.2) is 4.79 Å². The van der Waals surface area contributed by atoms with Crippen molar-refractivity contribution in [3.63, 3.8) is 0 Å². The average molecular weight is 510 g/mol. The number of hydrogen-bond donors (Lipinski definition) is 1. The number of ether oxygens (including phenoxy) is 2. The summed E-state index contributed by atoms with van der Waals surface area (Å²) in [6.07, 6.45) is -0.686. The molecule has 0 spiro atoms. The van der Waals surface area contributed by atoms with Gasteiger partial charge >= 0.3 is 6.09 Å². The van der Waals surface area contributed by atoms with Crippen molar-refractivity contribution in [2.24, 2.45) is 0 Å². The van der Waals surface area contributed by atoms with Crippen LogP contribution in [0.15, 0.2) is 36.4 Å². The van der Waals surface area contributed by atoms with Gasteiger partial charge in [0.25, 0.3) is 10.1 Å². The highest BCUT2D eigenvalue weighted by atomic mass is 32.2. The molecule has 2 heterocycles. The number of fused-ring (bicyclic) bond motifs is 1. The Labute approximate surface area is 202 Å². The first-order valence-corrected chi connectivity index (χ1v) is 12.9. The summed E-state index contributed by atoms with van der Waals surface area (Å²) in [5.41, 5.74) is 0.0405. The molecule has 34 heavy (non-hydrogen) atoms. The Morgan fingerprint density at radius 3 is 2.50 bits per heavy atom. The van der Waals surface area contributed by atoms with E-state index < -0.39 is 27.9 Å². The van der Waals surface area contributed by atoms with Gasteiger partial charge in [0.15, 0.2) is 5.82 Å². The van der Waals surface area contributed by atoms with Gasteiger partial charge in [-0.3, -0.25) is 9.08 Å². The topological polar surface area (TPSA) is 128 Å². The van der Waals surface area contributed by atoms with Crippen LogP contribution in [-0.4, -0.2) is 68.0 Å². The Kier molecular flexibility index (Phi) is 7.76. The van der Waals surface area contributed by atoms with Crippen molar-refractivity contribution < 1.29 is 32.0 Å². The van der Waals surface area contributed by atoms with Crippen LogP contribution in [0.5, 0.6) is 5.75 Å². The second-order valence-corrected chi connectivity index (χ2v) is 11.3. The fourth-order valence-corrected chi connectivity index (χ4v) is 4.19. The lowest BCUT2D eigenvalue weighted by atomic mass is 10.2. The number of carbonyl (C=O) groups is 1. The molecule has 1 atom stereocenters. The zero-order chi connectivity index (χ0) is 25.1. The number of hydrogen-bond acceptors (Lipinski definition) is 10. The Morgan fingerprint density at radius 1 is 1.15 bits per heavy atom. The van der Waals surface area contributed by atoms with Crippen LogP contribution < -0.4 is 9.64 Å². The molecule has 0 radical (unpaired) electrons. The summed E-state index contributed by atoms with van der Waals surface area (Å²) in [4.78, 5) is 14.4. The molecule has 0 bridgehead atoms. The van der Waals surface area contributed by atoms with Crippen molar-refractivity contribution in [2.75, 3.05) is 31.4 Å². The van der Waals surface area contributed by atoms with E-state index in [9.17, 15) is 18.3 Å². The lowest BCUT2D eigenvalue weighted by Crippen LogP contribution is -2.34. The predicted octanol–water partition coefficient (Wildman–Crippen LogP) is 3.45. The molecule has 0 unspecified atom stereocenters. The van der Waals surface area contributed by atoms with Gasteiger partial charge in [0.1, 0.15) is 29.8 Å². The Hall–Kier alpha value is -2.80. The number of nitrogens with zero attached hydrogens (tertiary/aromatic N) is 3. The molecule has 0 fully saturated rings. The highest BCUT2D eigenvalue weighted by molar-refractivity contribution is 7.85. The molecule has 0 saturated carbocycles. The number of aliphatic hydroxyl groups excluding tert-OH is 1. The summed E-state index contributed by atoms with van der Waals surface area (Å²) in [6, 6.07) is 10.9. The third kappa shape index (κ3) is 7.35. The van der Waals surface area contributed by atoms with Crippen LogP contribution in [0.25, 0.3) is 20.7 Å². The van der Waals surface area contributed by atoms with Crippen molar-refractivity contribution in [1.82, 2.24) is 10.2 Å². The van der Waals surface area contributed by atoms with E-state index in [2.05, 4.69) is 14.4 Å². The van der Waals surface area contributed by atoms with Gasteiger partial charge in [-0.2, -0.15) is 8.42 Å². The molecular weight excluding hydrogens is 482 g/mol. The summed E-state index contributed by atoms with van der Waals surface area (Å²) in [6.45, 7) is 4.89. The minimum atomic E-state index is -3.62. The number of aromatic nitrogens is 2. The second kappa shape index (κ2) is 10.2. The largest absolute Gasteiger partial charge is 0.491 e. The Morgan fingerprint density at radius 2 is 1.88 bits per heavy atom. The maximum Gasteiger partial charge on any atom is 0.415 e. The summed E-state index contributed by atoms with van der Waals surface area (Å²) in [5, 5.41) is 19.2. The van der Waals surface area contributed by atoms with Crippen molar-refractivity contribution >= 4 is 43.5 Å². The van der Waals surface area contributed by atoms with E-state index in [0.29, 0.717) is 17.3 Å². The Bertz CT molecular complexity index is 1250. The van der Waals surface area contributed by atoms with Crippen molar-refractivity contribution in [2.45, 2.75) is 32.5 Å². The van der Waals surface area contributed by atoms with Crippen LogP contribution in [0.2, 0.25) is 0 Å². The van der Waals surface area contributed by atoms with Crippen LogP contribution in [0.3, 0.4) is 0 Å². The molecule has 184 valence electrons. The first kappa shape index (κ1) is 25.8. The van der Waals surface area contributed by atoms with Crippen LogP contribution in [0.1, 0.15) is 20.8 Å². The molecule has 0 saturated heterocycles. The molecule has 3 rings (SSSR count). The maximum atomic E-state index is 12.2. The van der Waals surface area contributed by atoms with Crippen molar-refractivity contribution in [3.8, 4) is 16.3 Å². The zero-order valence-electron chi connectivity index (χ0n) is 19.5. The van der Waals surface area contributed by atoms with Crippen LogP contribution in [-0.2, 0) is 19.0 Å². The van der Waals surface area contributed by atoms with Crippen molar-refractivity contribution in [3.05, 3.63) is 36.4 Å². The number of benzene rings is 1. The summed E-state index contributed by atoms with van der Waals surface area (Å²) >= 11 is 1.49. The lowest BCUT2D eigenvalue weighted by molar-refractivity contribution is 0.0588. The molecule has 1 amide bonds. The summed E-state index contributed by atoms with van der Waals surface area (Å²) in [5.74, 6) is 0.896. The number of rotatable bonds is 8. The molecule has 0 aliphatic heterocycles. The Balaban J connectivity index is 1.67. The minimum Gasteiger partial charge on any atom is -0.491 e. The summed E-state index contributed by atoms with van der Waals surface area (Å²) < 4.78 is 38.4. The van der Waals surface area contributed by atoms with Gasteiger partial charge in [-0.1, -0.05) is 0 Å². The van der Waals surface area contributed by atoms with Crippen LogP contribution in [0, 0.1) is 0 Å². The van der Waals surface area contributed by atoms with Gasteiger partial charge < -0.3 is 14.6 Å². The quantitative estimate of drug-likeness (QED) is 0.454. The molecule has 1 aromatic carbocycles. The first-order valence-electron chi connectivity index (χ1n) is 10.3. The maximum absolute atomic E-state index is 12.2. The fourth-order valence-electron chi connectivity index (χ4n) is 2.73. The van der Waals surface area contributed by atoms with Gasteiger partial charge in [0, 0.05) is 11.7 Å². The fraction of sp³-hybridized carbons (Fsp3) is 0.409. The van der Waals surface area contributed by atoms with Gasteiger partial charge in [-0.05, 0) is 62.6 Å². The van der Waals surface area contributed by atoms with Gasteiger partial charge in [0.05, 0.1) is 17.7 Å². The molecule has 0 aliphatic rings. The molecule has 0 aliphatic carbocycles. The SMILES string of the molecule is CN(C(=O)OC(C)(C)C)c1ccc(-c2cc3ccc(OC[C@@H](O)COS(C)(=O)=O)cc3s2)nn1. The number of anilines is 1. The van der Waals surface area contributed by atoms with E-state index in [0.717, 1.165) is 21.2 Å². The van der Waals surface area contributed by atoms with E-state index in [1.807, 2.05) is 18.2 Å². The number of aliphatic hydroxyl groups is 1. The van der Waals surface area contributed by atoms with E-state index in [4.69, 9.17) is 9.47 Å². The van der Waals surface area contributed by atoms with E-state index in [-0.39, 0.29) is 13.2 Å². The number of amides is 1. The standard InChI is InChI=1S/C22H27N3O7S2/c1-22(2,3)32-21(27)25(4)20-9-8-17(23-24-20)19-10-14-6-7-16(11-18(14)33-19)30-12-15(26)13-31-34(5,28)29/h6-11,15,26H,12-13H2,1-5H3/t15-/m1/s1. The zero-order valence-corrected chi connectivity index (χ0v) is 21.1. The van der Waals surface area contributed by atoms with Gasteiger partial charge in [-0.15, -0.1) is 21.5 Å². The van der Waals surface area contributed by atoms with Crippen molar-refractivity contribution in [1.29, 1.82) is 0 Å². The van der Waals surface area contributed by atoms with E-state index in [1.54, 1.807) is 46.0 Å². The monoisotopic (exact) mass is 509 g/mol. The normalized spacial score (nSPS) is 13.0. The third-order valence-corrected chi connectivity index (χ3v) is 6.01. The molecular formula is C22H27N3O7S2. The van der Waals surface area contributed by atoms with Gasteiger partial charge in [0.2, 0.25) is 0 Å². The van der Waals surface area contributed by atoms with Crippen LogP contribution >= 0.6 is 11.3 Å². The third-order valence-electron chi connectivity index (χ3n) is 4.32.